The molecule has 21 heavy (non-hydrogen) atoms. The summed E-state index contributed by atoms with van der Waals surface area (Å²) in [5.41, 5.74) is 2.44. The Balaban J connectivity index is 1.65. The molecule has 5 heteroatoms. The Labute approximate surface area is 128 Å². The van der Waals surface area contributed by atoms with E-state index in [0.717, 1.165) is 11.1 Å². The molecule has 0 radical (unpaired) electrons. The lowest BCUT2D eigenvalue weighted by atomic mass is 9.99. The molecular weight excluding hydrogens is 288 g/mol. The highest BCUT2D eigenvalue weighted by Gasteiger charge is 2.35. The van der Waals surface area contributed by atoms with Crippen LogP contribution in [0, 0.1) is 18.3 Å². The van der Waals surface area contributed by atoms with Crippen molar-refractivity contribution in [1.82, 2.24) is 9.80 Å². The first kappa shape index (κ1) is 14.0. The predicted molar refractivity (Wildman–Crippen MR) is 79.9 cm³/mol. The molecule has 0 saturated carbocycles. The normalized spacial score (nSPS) is 17.4. The van der Waals surface area contributed by atoms with E-state index in [1.807, 2.05) is 23.1 Å². The molecule has 0 bridgehead atoms. The molecule has 2 heterocycles. The minimum atomic E-state index is -0.0430. The maximum absolute atomic E-state index is 12.4. The predicted octanol–water partition coefficient (Wildman–Crippen LogP) is 1.32. The number of carbonyl (C=O) groups excluding carboxylic acids is 2. The van der Waals surface area contributed by atoms with Crippen LogP contribution in [0.5, 0.6) is 0 Å². The van der Waals surface area contributed by atoms with Gasteiger partial charge < -0.3 is 9.80 Å². The lowest BCUT2D eigenvalue weighted by Crippen LogP contribution is -2.54. The van der Waals surface area contributed by atoms with Crippen LogP contribution in [-0.4, -0.2) is 47.1 Å². The molecule has 2 aliphatic heterocycles. The topological polar surface area (TPSA) is 40.6 Å². The maximum atomic E-state index is 12.4. The van der Waals surface area contributed by atoms with E-state index >= 15 is 0 Å². The number of fused-ring (bicyclic) bond motifs is 1. The van der Waals surface area contributed by atoms with Gasteiger partial charge in [-0.25, -0.2) is 0 Å². The lowest BCUT2D eigenvalue weighted by molar-refractivity contribution is -0.134. The summed E-state index contributed by atoms with van der Waals surface area (Å²) in [6, 6.07) is 5.50. The van der Waals surface area contributed by atoms with Crippen LogP contribution in [-0.2, 0) is 11.3 Å². The van der Waals surface area contributed by atoms with Gasteiger partial charge in [0.2, 0.25) is 5.91 Å². The number of carbonyl (C=O) groups is 2. The Morgan fingerprint density at radius 1 is 1.43 bits per heavy atom. The van der Waals surface area contributed by atoms with E-state index in [4.69, 9.17) is 18.0 Å². The molecule has 0 aromatic heterocycles. The number of hydrogen-bond acceptors (Lipinski definition) is 2. The fourth-order valence-corrected chi connectivity index (χ4v) is 3.13. The van der Waals surface area contributed by atoms with E-state index in [2.05, 4.69) is 5.92 Å². The summed E-state index contributed by atoms with van der Waals surface area (Å²) in [4.78, 5) is 27.3. The summed E-state index contributed by atoms with van der Waals surface area (Å²) in [6.07, 6.45) is 5.48. The lowest BCUT2D eigenvalue weighted by Gasteiger charge is -2.40. The summed E-state index contributed by atoms with van der Waals surface area (Å²) in [7, 11) is 0. The molecule has 0 spiro atoms. The highest BCUT2D eigenvalue weighted by Crippen LogP contribution is 2.28. The molecule has 108 valence electrons. The second kappa shape index (κ2) is 5.42. The van der Waals surface area contributed by atoms with E-state index in [0.29, 0.717) is 37.7 Å². The van der Waals surface area contributed by atoms with Gasteiger partial charge in [-0.2, -0.15) is 0 Å². The molecule has 1 aromatic carbocycles. The largest absolute Gasteiger partial charge is 0.341 e. The van der Waals surface area contributed by atoms with Crippen molar-refractivity contribution in [3.05, 3.63) is 34.9 Å². The van der Waals surface area contributed by atoms with Crippen molar-refractivity contribution in [2.75, 3.05) is 25.5 Å². The van der Waals surface area contributed by atoms with Gasteiger partial charge in [-0.15, -0.1) is 18.0 Å². The van der Waals surface area contributed by atoms with E-state index < -0.39 is 0 Å². The average molecular weight is 303 g/mol. The van der Waals surface area contributed by atoms with E-state index in [-0.39, 0.29) is 17.7 Å². The highest BCUT2D eigenvalue weighted by molar-refractivity contribution is 6.27. The van der Waals surface area contributed by atoms with E-state index in [1.165, 1.54) is 0 Å². The number of halogens is 1. The molecule has 1 fully saturated rings. The van der Waals surface area contributed by atoms with Gasteiger partial charge in [-0.1, -0.05) is 12.0 Å². The minimum Gasteiger partial charge on any atom is -0.341 e. The zero-order valence-corrected chi connectivity index (χ0v) is 12.3. The number of amides is 2. The molecular formula is C16H15ClN2O2. The molecule has 2 aliphatic rings. The van der Waals surface area contributed by atoms with Gasteiger partial charge in [0.25, 0.3) is 5.91 Å². The summed E-state index contributed by atoms with van der Waals surface area (Å²) < 4.78 is 0. The number of terminal acetylenes is 1. The smallest absolute Gasteiger partial charge is 0.254 e. The van der Waals surface area contributed by atoms with Crippen LogP contribution < -0.4 is 0 Å². The Morgan fingerprint density at radius 2 is 2.19 bits per heavy atom. The number of benzene rings is 1. The van der Waals surface area contributed by atoms with Gasteiger partial charge in [-0.05, 0) is 17.7 Å². The fourth-order valence-electron chi connectivity index (χ4n) is 2.96. The molecule has 1 aromatic rings. The van der Waals surface area contributed by atoms with Gasteiger partial charge in [0.05, 0.1) is 0 Å². The van der Waals surface area contributed by atoms with E-state index in [1.54, 1.807) is 4.90 Å². The van der Waals surface area contributed by atoms with Crippen molar-refractivity contribution in [3.63, 3.8) is 0 Å². The molecule has 0 N–H and O–H groups in total. The van der Waals surface area contributed by atoms with Crippen molar-refractivity contribution < 1.29 is 9.59 Å². The summed E-state index contributed by atoms with van der Waals surface area (Å²) >= 11 is 5.52. The second-order valence-electron chi connectivity index (χ2n) is 5.46. The van der Waals surface area contributed by atoms with Gasteiger partial charge in [0.1, 0.15) is 5.88 Å². The fraction of sp³-hybridized carbons (Fsp3) is 0.375. The molecule has 2 amide bonds. The van der Waals surface area contributed by atoms with Crippen LogP contribution in [0.4, 0.5) is 0 Å². The maximum Gasteiger partial charge on any atom is 0.254 e. The zero-order chi connectivity index (χ0) is 15.0. The molecule has 0 aliphatic carbocycles. The number of alkyl halides is 1. The Hall–Kier alpha value is -1.99. The third-order valence-electron chi connectivity index (χ3n) is 4.10. The zero-order valence-electron chi connectivity index (χ0n) is 11.5. The molecule has 4 nitrogen and oxygen atoms in total. The van der Waals surface area contributed by atoms with Crippen LogP contribution in [0.1, 0.15) is 21.5 Å². The van der Waals surface area contributed by atoms with Crippen LogP contribution in [0.3, 0.4) is 0 Å². The quantitative estimate of drug-likeness (QED) is 0.624. The van der Waals surface area contributed by atoms with Crippen LogP contribution in [0.25, 0.3) is 0 Å². The summed E-state index contributed by atoms with van der Waals surface area (Å²) in [6.45, 7) is 2.57. The molecule has 3 rings (SSSR count). The van der Waals surface area contributed by atoms with Crippen molar-refractivity contribution >= 4 is 23.4 Å². The number of likely N-dealkylation sites (tertiary alicyclic amines) is 1. The first-order chi connectivity index (χ1) is 10.1. The first-order valence-electron chi connectivity index (χ1n) is 6.85. The molecule has 0 unspecified atom stereocenters. The van der Waals surface area contributed by atoms with Crippen molar-refractivity contribution in [3.8, 4) is 12.3 Å². The summed E-state index contributed by atoms with van der Waals surface area (Å²) in [5.74, 6) is 2.97. The third-order valence-corrected chi connectivity index (χ3v) is 4.33. The Kier molecular flexibility index (Phi) is 3.60. The summed E-state index contributed by atoms with van der Waals surface area (Å²) in [5, 5.41) is 0. The minimum absolute atomic E-state index is 0.0202. The van der Waals surface area contributed by atoms with Crippen LogP contribution in [0.15, 0.2) is 18.2 Å². The average Bonchev–Trinajstić information content (AvgIpc) is 2.78. The molecule has 1 saturated heterocycles. The monoisotopic (exact) mass is 302 g/mol. The van der Waals surface area contributed by atoms with Gasteiger partial charge >= 0.3 is 0 Å². The van der Waals surface area contributed by atoms with E-state index in [9.17, 15) is 9.59 Å². The van der Waals surface area contributed by atoms with Crippen molar-refractivity contribution in [1.29, 1.82) is 0 Å². The number of hydrogen-bond donors (Lipinski definition) is 0. The van der Waals surface area contributed by atoms with Crippen LogP contribution in [0.2, 0.25) is 0 Å². The van der Waals surface area contributed by atoms with Crippen LogP contribution >= 0.6 is 11.6 Å². The molecule has 0 atom stereocenters. The van der Waals surface area contributed by atoms with Gasteiger partial charge in [-0.3, -0.25) is 9.59 Å². The Bertz CT molecular complexity index is 644. The number of nitrogens with zero attached hydrogens (tertiary/aromatic N) is 2. The first-order valence-corrected chi connectivity index (χ1v) is 7.39. The third kappa shape index (κ3) is 2.38. The van der Waals surface area contributed by atoms with Gasteiger partial charge in [0, 0.05) is 43.2 Å². The highest BCUT2D eigenvalue weighted by atomic mass is 35.5. The van der Waals surface area contributed by atoms with Crippen molar-refractivity contribution in [2.45, 2.75) is 6.54 Å². The standard InChI is InChI=1S/C16H15ClN2O2/c1-2-12-4-3-5-13-14(12)10-19(16(13)21)9-11-7-18(8-11)15(20)6-17/h1,3-5,11H,6-10H2. The second-order valence-corrected chi connectivity index (χ2v) is 5.73. The SMILES string of the molecule is C#Cc1cccc2c1CN(CC1CN(C(=O)CCl)C1)C2=O. The Morgan fingerprint density at radius 3 is 2.86 bits per heavy atom. The van der Waals surface area contributed by atoms with Gasteiger partial charge in [0.15, 0.2) is 0 Å². The van der Waals surface area contributed by atoms with Crippen molar-refractivity contribution in [2.24, 2.45) is 5.92 Å². The number of rotatable bonds is 3.